The molecule has 132 valence electrons. The van der Waals surface area contributed by atoms with Crippen molar-refractivity contribution in [3.05, 3.63) is 76.4 Å². The molecule has 0 aliphatic heterocycles. The van der Waals surface area contributed by atoms with Crippen LogP contribution in [0.15, 0.2) is 64.6 Å². The van der Waals surface area contributed by atoms with Gasteiger partial charge in [0.15, 0.2) is 5.11 Å². The van der Waals surface area contributed by atoms with Crippen LogP contribution in [-0.2, 0) is 6.54 Å². The van der Waals surface area contributed by atoms with Crippen molar-refractivity contribution < 1.29 is 14.0 Å². The summed E-state index contributed by atoms with van der Waals surface area (Å²) in [5, 5.41) is 10.2. The summed E-state index contributed by atoms with van der Waals surface area (Å²) >= 11 is 6.50. The number of hydrogen-bond donors (Lipinski definition) is 3. The number of thiophene rings is 1. The standard InChI is InChI=1S/C18H15N3O3S2/c22-16(19-11-12-5-3-9-24-12)13-6-1-2-7-14(13)20-18(25)21-17(23)15-8-4-10-26-15/h1-10H,11H2,(H,19,22)(H2,20,21,23,25). The molecule has 0 spiro atoms. The van der Waals surface area contributed by atoms with Crippen LogP contribution in [0.25, 0.3) is 0 Å². The van der Waals surface area contributed by atoms with E-state index in [1.807, 2.05) is 5.38 Å². The Morgan fingerprint density at radius 1 is 1.04 bits per heavy atom. The highest BCUT2D eigenvalue weighted by Gasteiger charge is 2.14. The molecule has 0 fully saturated rings. The Bertz CT molecular complexity index is 906. The first-order valence-corrected chi connectivity index (χ1v) is 8.98. The molecule has 2 heterocycles. The van der Waals surface area contributed by atoms with Crippen LogP contribution in [0.2, 0.25) is 0 Å². The molecule has 0 aliphatic rings. The Morgan fingerprint density at radius 2 is 1.88 bits per heavy atom. The van der Waals surface area contributed by atoms with Crippen molar-refractivity contribution in [1.29, 1.82) is 0 Å². The molecule has 0 saturated carbocycles. The fourth-order valence-electron chi connectivity index (χ4n) is 2.19. The molecule has 1 aromatic carbocycles. The minimum atomic E-state index is -0.294. The Hall–Kier alpha value is -2.97. The lowest BCUT2D eigenvalue weighted by atomic mass is 10.1. The minimum absolute atomic E-state index is 0.120. The van der Waals surface area contributed by atoms with Crippen molar-refractivity contribution in [2.75, 3.05) is 5.32 Å². The molecule has 3 N–H and O–H groups in total. The van der Waals surface area contributed by atoms with Gasteiger partial charge in [-0.15, -0.1) is 11.3 Å². The molecule has 3 aromatic rings. The Labute approximate surface area is 159 Å². The fraction of sp³-hybridized carbons (Fsp3) is 0.0556. The van der Waals surface area contributed by atoms with Crippen LogP contribution >= 0.6 is 23.6 Å². The van der Waals surface area contributed by atoms with Gasteiger partial charge < -0.3 is 15.1 Å². The topological polar surface area (TPSA) is 83.4 Å². The molecule has 0 unspecified atom stereocenters. The summed E-state index contributed by atoms with van der Waals surface area (Å²) in [6, 6.07) is 13.9. The SMILES string of the molecule is O=C(NC(=S)Nc1ccccc1C(=O)NCc1ccco1)c1cccs1. The number of benzene rings is 1. The fourth-order valence-corrected chi connectivity index (χ4v) is 3.01. The van der Waals surface area contributed by atoms with Crippen LogP contribution in [-0.4, -0.2) is 16.9 Å². The third-order valence-electron chi connectivity index (χ3n) is 3.40. The van der Waals surface area contributed by atoms with Crippen molar-refractivity contribution in [3.8, 4) is 0 Å². The first-order valence-electron chi connectivity index (χ1n) is 7.69. The van der Waals surface area contributed by atoms with Crippen LogP contribution in [0.4, 0.5) is 5.69 Å². The van der Waals surface area contributed by atoms with Gasteiger partial charge in [-0.25, -0.2) is 0 Å². The van der Waals surface area contributed by atoms with Gasteiger partial charge in [-0.1, -0.05) is 18.2 Å². The molecule has 26 heavy (non-hydrogen) atoms. The highest BCUT2D eigenvalue weighted by Crippen LogP contribution is 2.15. The van der Waals surface area contributed by atoms with Gasteiger partial charge in [0, 0.05) is 0 Å². The second-order valence-electron chi connectivity index (χ2n) is 5.19. The Kier molecular flexibility index (Phi) is 5.77. The molecule has 0 bridgehead atoms. The van der Waals surface area contributed by atoms with Gasteiger partial charge in [-0.05, 0) is 47.9 Å². The maximum Gasteiger partial charge on any atom is 0.267 e. The molecule has 8 heteroatoms. The monoisotopic (exact) mass is 385 g/mol. The van der Waals surface area contributed by atoms with Gasteiger partial charge in [0.2, 0.25) is 0 Å². The van der Waals surface area contributed by atoms with E-state index >= 15 is 0 Å². The maximum atomic E-state index is 12.4. The highest BCUT2D eigenvalue weighted by atomic mass is 32.1. The highest BCUT2D eigenvalue weighted by molar-refractivity contribution is 7.80. The summed E-state index contributed by atoms with van der Waals surface area (Å²) < 4.78 is 5.20. The van der Waals surface area contributed by atoms with E-state index in [4.69, 9.17) is 16.6 Å². The van der Waals surface area contributed by atoms with Gasteiger partial charge in [0.1, 0.15) is 5.76 Å². The van der Waals surface area contributed by atoms with Gasteiger partial charge in [0.25, 0.3) is 11.8 Å². The quantitative estimate of drug-likeness (QED) is 0.587. The van der Waals surface area contributed by atoms with Crippen molar-refractivity contribution in [3.63, 3.8) is 0 Å². The summed E-state index contributed by atoms with van der Waals surface area (Å²) in [6.07, 6.45) is 1.55. The number of carbonyl (C=O) groups excluding carboxylic acids is 2. The van der Waals surface area contributed by atoms with E-state index in [9.17, 15) is 9.59 Å². The van der Waals surface area contributed by atoms with Crippen LogP contribution in [0.5, 0.6) is 0 Å². The van der Waals surface area contributed by atoms with E-state index < -0.39 is 0 Å². The largest absolute Gasteiger partial charge is 0.467 e. The van der Waals surface area contributed by atoms with E-state index in [1.54, 1.807) is 54.8 Å². The third kappa shape index (κ3) is 4.56. The number of para-hydroxylation sites is 1. The smallest absolute Gasteiger partial charge is 0.267 e. The van der Waals surface area contributed by atoms with Crippen LogP contribution in [0, 0.1) is 0 Å². The number of thiocarbonyl (C=S) groups is 1. The van der Waals surface area contributed by atoms with Gasteiger partial charge in [0.05, 0.1) is 28.9 Å². The van der Waals surface area contributed by atoms with Gasteiger partial charge >= 0.3 is 0 Å². The van der Waals surface area contributed by atoms with Gasteiger partial charge in [-0.2, -0.15) is 0 Å². The van der Waals surface area contributed by atoms with E-state index in [-0.39, 0.29) is 23.5 Å². The number of furan rings is 1. The number of carbonyl (C=O) groups is 2. The maximum absolute atomic E-state index is 12.4. The molecule has 0 atom stereocenters. The summed E-state index contributed by atoms with van der Waals surface area (Å²) in [5.74, 6) is 0.0802. The first-order chi connectivity index (χ1) is 12.6. The molecule has 2 amide bonds. The molecular formula is C18H15N3O3S2. The lowest BCUT2D eigenvalue weighted by molar-refractivity contribution is 0.0947. The molecule has 0 radical (unpaired) electrons. The second kappa shape index (κ2) is 8.41. The van der Waals surface area contributed by atoms with Crippen molar-refractivity contribution >= 4 is 46.2 Å². The minimum Gasteiger partial charge on any atom is -0.467 e. The average molecular weight is 385 g/mol. The zero-order valence-electron chi connectivity index (χ0n) is 13.5. The predicted octanol–water partition coefficient (Wildman–Crippen LogP) is 3.40. The van der Waals surface area contributed by atoms with Gasteiger partial charge in [-0.3, -0.25) is 14.9 Å². The zero-order valence-corrected chi connectivity index (χ0v) is 15.2. The van der Waals surface area contributed by atoms with Crippen LogP contribution in [0.3, 0.4) is 0 Å². The lowest BCUT2D eigenvalue weighted by Gasteiger charge is -2.13. The second-order valence-corrected chi connectivity index (χ2v) is 6.55. The van der Waals surface area contributed by atoms with E-state index in [1.165, 1.54) is 11.3 Å². The Morgan fingerprint density at radius 3 is 2.62 bits per heavy atom. The van der Waals surface area contributed by atoms with Crippen LogP contribution in [0.1, 0.15) is 25.8 Å². The summed E-state index contributed by atoms with van der Waals surface area (Å²) in [6.45, 7) is 0.278. The predicted molar refractivity (Wildman–Crippen MR) is 104 cm³/mol. The lowest BCUT2D eigenvalue weighted by Crippen LogP contribution is -2.34. The molecule has 3 rings (SSSR count). The van der Waals surface area contributed by atoms with Crippen molar-refractivity contribution in [2.45, 2.75) is 6.54 Å². The zero-order chi connectivity index (χ0) is 18.4. The normalized spacial score (nSPS) is 10.2. The molecule has 6 nitrogen and oxygen atoms in total. The summed E-state index contributed by atoms with van der Waals surface area (Å²) in [4.78, 5) is 25.0. The third-order valence-corrected chi connectivity index (χ3v) is 4.47. The van der Waals surface area contributed by atoms with E-state index in [2.05, 4.69) is 16.0 Å². The summed E-state index contributed by atoms with van der Waals surface area (Å²) in [5.41, 5.74) is 0.910. The van der Waals surface area contributed by atoms with Crippen molar-refractivity contribution in [2.24, 2.45) is 0 Å². The molecular weight excluding hydrogens is 370 g/mol. The number of nitrogens with one attached hydrogen (secondary N) is 3. The average Bonchev–Trinajstić information content (AvgIpc) is 3.33. The van der Waals surface area contributed by atoms with Crippen molar-refractivity contribution in [1.82, 2.24) is 10.6 Å². The molecule has 2 aromatic heterocycles. The van der Waals surface area contributed by atoms with Crippen LogP contribution < -0.4 is 16.0 Å². The number of rotatable bonds is 5. The summed E-state index contributed by atoms with van der Waals surface area (Å²) in [7, 11) is 0. The van der Waals surface area contributed by atoms with E-state index in [0.29, 0.717) is 21.9 Å². The number of hydrogen-bond acceptors (Lipinski definition) is 5. The number of anilines is 1. The molecule has 0 saturated heterocycles. The number of amides is 2. The first kappa shape index (κ1) is 17.8. The Balaban J connectivity index is 1.63. The molecule has 0 aliphatic carbocycles. The van der Waals surface area contributed by atoms with E-state index in [0.717, 1.165) is 0 Å².